The number of hydrogen-bond acceptors (Lipinski definition) is 6. The van der Waals surface area contributed by atoms with E-state index in [9.17, 15) is 19.2 Å². The van der Waals surface area contributed by atoms with E-state index in [0.717, 1.165) is 6.42 Å². The molecule has 5 rings (SSSR count). The van der Waals surface area contributed by atoms with Gasteiger partial charge in [0.2, 0.25) is 17.7 Å². The number of nitrogens with zero attached hydrogens (tertiary/aromatic N) is 2. The summed E-state index contributed by atoms with van der Waals surface area (Å²) in [4.78, 5) is 58.4. The molecule has 34 heavy (non-hydrogen) atoms. The summed E-state index contributed by atoms with van der Waals surface area (Å²) in [5.74, 6) is -2.68. The first-order valence-corrected chi connectivity index (χ1v) is 11.9. The molecule has 182 valence electrons. The molecule has 0 saturated carbocycles. The zero-order valence-corrected chi connectivity index (χ0v) is 20.0. The number of fused-ring (bicyclic) bond motifs is 4. The van der Waals surface area contributed by atoms with E-state index in [0.29, 0.717) is 24.2 Å². The van der Waals surface area contributed by atoms with Gasteiger partial charge in [0.1, 0.15) is 23.4 Å². The molecular formula is C25H31N3O6. The van der Waals surface area contributed by atoms with Crippen LogP contribution in [0.5, 0.6) is 0 Å². The Bertz CT molecular complexity index is 1070. The molecule has 9 nitrogen and oxygen atoms in total. The molecule has 3 saturated heterocycles. The van der Waals surface area contributed by atoms with Gasteiger partial charge in [-0.15, -0.1) is 0 Å². The summed E-state index contributed by atoms with van der Waals surface area (Å²) in [5, 5.41) is 2.93. The maximum Gasteiger partial charge on any atom is 0.313 e. The normalized spacial score (nSPS) is 32.1. The minimum absolute atomic E-state index is 0.101. The molecule has 0 bridgehead atoms. The number of esters is 1. The lowest BCUT2D eigenvalue weighted by atomic mass is 9.65. The largest absolute Gasteiger partial charge is 0.466 e. The number of amides is 3. The predicted octanol–water partition coefficient (Wildman–Crippen LogP) is 1.45. The number of para-hydroxylation sites is 1. The predicted molar refractivity (Wildman–Crippen MR) is 122 cm³/mol. The number of carbonyl (C=O) groups is 4. The van der Waals surface area contributed by atoms with Crippen molar-refractivity contribution in [3.63, 3.8) is 0 Å². The molecule has 0 aliphatic carbocycles. The van der Waals surface area contributed by atoms with E-state index in [1.165, 1.54) is 0 Å². The topological polar surface area (TPSA) is 105 Å². The fourth-order valence-electron chi connectivity index (χ4n) is 6.51. The number of ether oxygens (including phenoxy) is 2. The summed E-state index contributed by atoms with van der Waals surface area (Å²) in [5.41, 5.74) is -0.985. The van der Waals surface area contributed by atoms with Crippen LogP contribution in [0.15, 0.2) is 24.3 Å². The van der Waals surface area contributed by atoms with E-state index >= 15 is 0 Å². The van der Waals surface area contributed by atoms with Gasteiger partial charge in [0.25, 0.3) is 0 Å². The molecule has 5 atom stereocenters. The Labute approximate surface area is 198 Å². The van der Waals surface area contributed by atoms with Crippen LogP contribution in [-0.2, 0) is 34.1 Å². The lowest BCUT2D eigenvalue weighted by molar-refractivity contribution is -0.164. The van der Waals surface area contributed by atoms with Crippen LogP contribution in [-0.4, -0.2) is 77.5 Å². The van der Waals surface area contributed by atoms with Gasteiger partial charge in [0.15, 0.2) is 0 Å². The number of anilines is 1. The van der Waals surface area contributed by atoms with Gasteiger partial charge in [-0.1, -0.05) is 18.2 Å². The van der Waals surface area contributed by atoms with E-state index < -0.39 is 41.0 Å². The molecular weight excluding hydrogens is 438 g/mol. The number of rotatable bonds is 5. The number of benzene rings is 1. The Hall–Kier alpha value is -2.94. The van der Waals surface area contributed by atoms with Crippen molar-refractivity contribution in [2.75, 3.05) is 25.6 Å². The number of methoxy groups -OCH3 is 1. The highest BCUT2D eigenvalue weighted by atomic mass is 16.5. The highest BCUT2D eigenvalue weighted by Crippen LogP contribution is 2.57. The van der Waals surface area contributed by atoms with Crippen molar-refractivity contribution < 1.29 is 28.7 Å². The fourth-order valence-corrected chi connectivity index (χ4v) is 6.51. The highest BCUT2D eigenvalue weighted by molar-refractivity contribution is 6.13. The molecule has 3 amide bonds. The van der Waals surface area contributed by atoms with E-state index in [4.69, 9.17) is 9.47 Å². The summed E-state index contributed by atoms with van der Waals surface area (Å²) in [6, 6.07) is 4.78. The molecule has 0 aromatic heterocycles. The van der Waals surface area contributed by atoms with E-state index in [1.54, 1.807) is 48.1 Å². The molecule has 1 aromatic carbocycles. The second-order valence-electron chi connectivity index (χ2n) is 10.2. The number of carbonyl (C=O) groups excluding carboxylic acids is 4. The molecule has 4 heterocycles. The zero-order chi connectivity index (χ0) is 24.4. The van der Waals surface area contributed by atoms with Crippen LogP contribution in [0.1, 0.15) is 45.6 Å². The van der Waals surface area contributed by atoms with Crippen LogP contribution in [0.3, 0.4) is 0 Å². The van der Waals surface area contributed by atoms with E-state index in [1.807, 2.05) is 13.8 Å². The molecule has 1 spiro atoms. The van der Waals surface area contributed by atoms with Crippen molar-refractivity contribution in [1.29, 1.82) is 0 Å². The van der Waals surface area contributed by atoms with Crippen molar-refractivity contribution in [2.24, 2.45) is 5.92 Å². The molecule has 0 radical (unpaired) electrons. The molecule has 0 unspecified atom stereocenters. The minimum Gasteiger partial charge on any atom is -0.466 e. The van der Waals surface area contributed by atoms with Gasteiger partial charge < -0.3 is 24.6 Å². The molecule has 4 aliphatic heterocycles. The number of nitrogens with one attached hydrogen (secondary N) is 1. The fraction of sp³-hybridized carbons (Fsp3) is 0.600. The molecule has 4 aliphatic rings. The van der Waals surface area contributed by atoms with Crippen LogP contribution in [0, 0.1) is 5.92 Å². The zero-order valence-electron chi connectivity index (χ0n) is 20.0. The van der Waals surface area contributed by atoms with E-state index in [-0.39, 0.29) is 30.7 Å². The van der Waals surface area contributed by atoms with Gasteiger partial charge in [0.05, 0.1) is 18.2 Å². The summed E-state index contributed by atoms with van der Waals surface area (Å²) in [6.45, 7) is 6.02. The standard InChI is InChI=1S/C25H31N3O6/c1-5-34-22(31)18-19-21(30)27-12-8-11-16(27)20(29)28(19)17(13-24(2,3)33-4)25(18)14-9-6-7-10-15(14)26-23(25)32/h6-7,9-10,16-19H,5,8,11-13H2,1-4H3,(H,26,32)/t16-,17+,18-,19-,25+/m1/s1. The Balaban J connectivity index is 1.78. The van der Waals surface area contributed by atoms with Crippen molar-refractivity contribution in [3.05, 3.63) is 29.8 Å². The average Bonchev–Trinajstić information content (AvgIpc) is 3.48. The van der Waals surface area contributed by atoms with E-state index in [2.05, 4.69) is 5.32 Å². The average molecular weight is 470 g/mol. The summed E-state index contributed by atoms with van der Waals surface area (Å²) < 4.78 is 11.2. The lowest BCUT2D eigenvalue weighted by Gasteiger charge is -2.43. The monoisotopic (exact) mass is 469 g/mol. The van der Waals surface area contributed by atoms with Crippen LogP contribution in [0.2, 0.25) is 0 Å². The maximum atomic E-state index is 13.9. The van der Waals surface area contributed by atoms with Crippen molar-refractivity contribution in [3.8, 4) is 0 Å². The second kappa shape index (κ2) is 7.80. The van der Waals surface area contributed by atoms with Crippen LogP contribution in [0.25, 0.3) is 0 Å². The minimum atomic E-state index is -1.46. The first-order valence-electron chi connectivity index (χ1n) is 11.9. The number of hydrogen-bond donors (Lipinski definition) is 1. The van der Waals surface area contributed by atoms with Gasteiger partial charge in [-0.25, -0.2) is 0 Å². The maximum absolute atomic E-state index is 13.9. The van der Waals surface area contributed by atoms with Gasteiger partial charge >= 0.3 is 5.97 Å². The lowest BCUT2D eigenvalue weighted by Crippen LogP contribution is -2.64. The molecule has 1 aromatic rings. The summed E-state index contributed by atoms with van der Waals surface area (Å²) >= 11 is 0. The van der Waals surface area contributed by atoms with Crippen LogP contribution < -0.4 is 5.32 Å². The van der Waals surface area contributed by atoms with Crippen molar-refractivity contribution >= 4 is 29.4 Å². The Kier molecular flexibility index (Phi) is 5.24. The van der Waals surface area contributed by atoms with Crippen LogP contribution >= 0.6 is 0 Å². The SMILES string of the molecule is CCOC(=O)[C@H]1[C@@H]2C(=O)N3CCC[C@@H]3C(=O)N2[C@@H](CC(C)(C)OC)[C@]12C(=O)Nc1ccccc12. The van der Waals surface area contributed by atoms with Gasteiger partial charge in [-0.05, 0) is 51.7 Å². The third-order valence-electron chi connectivity index (χ3n) is 8.07. The summed E-state index contributed by atoms with van der Waals surface area (Å²) in [7, 11) is 1.58. The van der Waals surface area contributed by atoms with Gasteiger partial charge in [-0.3, -0.25) is 19.2 Å². The second-order valence-corrected chi connectivity index (χ2v) is 10.2. The number of piperazine rings is 1. The van der Waals surface area contributed by atoms with Crippen molar-refractivity contribution in [1.82, 2.24) is 9.80 Å². The molecule has 1 N–H and O–H groups in total. The van der Waals surface area contributed by atoms with Crippen LogP contribution in [0.4, 0.5) is 5.69 Å². The first kappa shape index (κ1) is 22.8. The third-order valence-corrected chi connectivity index (χ3v) is 8.07. The molecule has 9 heteroatoms. The Morgan fingerprint density at radius 1 is 1.21 bits per heavy atom. The van der Waals surface area contributed by atoms with Gasteiger partial charge in [-0.2, -0.15) is 0 Å². The quantitative estimate of drug-likeness (QED) is 0.655. The van der Waals surface area contributed by atoms with Gasteiger partial charge in [0, 0.05) is 19.3 Å². The summed E-state index contributed by atoms with van der Waals surface area (Å²) in [6.07, 6.45) is 1.58. The highest BCUT2D eigenvalue weighted by Gasteiger charge is 2.74. The third kappa shape index (κ3) is 2.88. The Morgan fingerprint density at radius 3 is 2.65 bits per heavy atom. The smallest absolute Gasteiger partial charge is 0.313 e. The Morgan fingerprint density at radius 2 is 1.94 bits per heavy atom. The first-order chi connectivity index (χ1) is 16.2. The molecule has 3 fully saturated rings. The van der Waals surface area contributed by atoms with Crippen molar-refractivity contribution in [2.45, 2.75) is 69.2 Å².